The lowest BCUT2D eigenvalue weighted by molar-refractivity contribution is -0.135. The molecule has 0 spiro atoms. The fourth-order valence-corrected chi connectivity index (χ4v) is 3.57. The first kappa shape index (κ1) is 17.7. The number of aliphatic carboxylic acids is 1. The van der Waals surface area contributed by atoms with Gasteiger partial charge in [-0.2, -0.15) is 0 Å². The number of carboxylic acid groups (broad SMARTS) is 1. The molecule has 2 heterocycles. The summed E-state index contributed by atoms with van der Waals surface area (Å²) in [5.41, 5.74) is 2.72. The molecule has 2 aromatic rings. The van der Waals surface area contributed by atoms with E-state index in [-0.39, 0.29) is 17.5 Å². The van der Waals surface area contributed by atoms with Crippen molar-refractivity contribution in [2.24, 2.45) is 0 Å². The van der Waals surface area contributed by atoms with Gasteiger partial charge in [-0.15, -0.1) is 0 Å². The van der Waals surface area contributed by atoms with Crippen LogP contribution in [0.25, 0.3) is 0 Å². The first-order valence-corrected chi connectivity index (χ1v) is 8.77. The fourth-order valence-electron chi connectivity index (χ4n) is 3.57. The lowest BCUT2D eigenvalue weighted by Crippen LogP contribution is -2.39. The molecule has 8 nitrogen and oxygen atoms in total. The number of carbonyl (C=O) groups excluding carboxylic acids is 3. The van der Waals surface area contributed by atoms with Crippen LogP contribution >= 0.6 is 0 Å². The van der Waals surface area contributed by atoms with Crippen molar-refractivity contribution in [3.8, 4) is 0 Å². The minimum atomic E-state index is -1.14. The number of hydrogen-bond donors (Lipinski definition) is 2. The second-order valence-corrected chi connectivity index (χ2v) is 6.70. The maximum atomic E-state index is 12.9. The molecule has 2 aromatic carbocycles. The second-order valence-electron chi connectivity index (χ2n) is 6.70. The van der Waals surface area contributed by atoms with Crippen molar-refractivity contribution in [1.82, 2.24) is 10.2 Å². The third-order valence-corrected chi connectivity index (χ3v) is 4.98. The number of imide groups is 1. The van der Waals surface area contributed by atoms with Gasteiger partial charge in [-0.1, -0.05) is 24.3 Å². The lowest BCUT2D eigenvalue weighted by Gasteiger charge is -2.28. The quantitative estimate of drug-likeness (QED) is 0.781. The molecule has 2 N–H and O–H groups in total. The number of benzene rings is 2. The highest BCUT2D eigenvalue weighted by molar-refractivity contribution is 6.21. The number of fused-ring (bicyclic) bond motifs is 2. The Morgan fingerprint density at radius 2 is 1.71 bits per heavy atom. The number of nitrogens with zero attached hydrogens (tertiary/aromatic N) is 2. The molecule has 4 rings (SSSR count). The van der Waals surface area contributed by atoms with E-state index in [0.29, 0.717) is 18.7 Å². The smallest absolute Gasteiger partial charge is 0.332 e. The Bertz CT molecular complexity index is 943. The highest BCUT2D eigenvalue weighted by Gasteiger charge is 2.47. The minimum absolute atomic E-state index is 0.245. The monoisotopic (exact) mass is 379 g/mol. The summed E-state index contributed by atoms with van der Waals surface area (Å²) in [4.78, 5) is 50.9. The van der Waals surface area contributed by atoms with Gasteiger partial charge in [0.2, 0.25) is 0 Å². The Balaban J connectivity index is 1.54. The molecule has 1 atom stereocenters. The van der Waals surface area contributed by atoms with Crippen molar-refractivity contribution in [3.05, 3.63) is 65.2 Å². The van der Waals surface area contributed by atoms with Crippen molar-refractivity contribution in [2.45, 2.75) is 19.0 Å². The molecule has 2 aliphatic rings. The third kappa shape index (κ3) is 2.98. The molecule has 0 bridgehead atoms. The Labute approximate surface area is 160 Å². The van der Waals surface area contributed by atoms with Gasteiger partial charge in [-0.05, 0) is 35.4 Å². The summed E-state index contributed by atoms with van der Waals surface area (Å²) in [6.45, 7) is -0.0987. The molecule has 0 aromatic heterocycles. The van der Waals surface area contributed by atoms with Crippen LogP contribution in [0.5, 0.6) is 0 Å². The number of hydrogen-bond acceptors (Lipinski definition) is 4. The average molecular weight is 379 g/mol. The summed E-state index contributed by atoms with van der Waals surface area (Å²) < 4.78 is 0. The van der Waals surface area contributed by atoms with Crippen LogP contribution in [0.3, 0.4) is 0 Å². The number of nitrogens with one attached hydrogen (secondary N) is 1. The van der Waals surface area contributed by atoms with Gasteiger partial charge in [0, 0.05) is 18.5 Å². The van der Waals surface area contributed by atoms with Crippen molar-refractivity contribution < 1.29 is 24.3 Å². The summed E-state index contributed by atoms with van der Waals surface area (Å²) in [7, 11) is 0. The van der Waals surface area contributed by atoms with E-state index in [0.717, 1.165) is 16.0 Å². The Morgan fingerprint density at radius 3 is 2.39 bits per heavy atom. The van der Waals surface area contributed by atoms with Gasteiger partial charge < -0.3 is 15.3 Å². The number of amides is 4. The van der Waals surface area contributed by atoms with Crippen LogP contribution in [0.2, 0.25) is 0 Å². The molecule has 8 heteroatoms. The molecule has 2 aliphatic heterocycles. The maximum absolute atomic E-state index is 12.9. The van der Waals surface area contributed by atoms with Crippen molar-refractivity contribution in [1.29, 1.82) is 0 Å². The van der Waals surface area contributed by atoms with E-state index in [9.17, 15) is 19.2 Å². The van der Waals surface area contributed by atoms with Crippen molar-refractivity contribution in [2.75, 3.05) is 11.4 Å². The van der Waals surface area contributed by atoms with Crippen molar-refractivity contribution in [3.63, 3.8) is 0 Å². The standard InChI is InChI=1S/C20H17N3O5/c24-17(25)10-21-18(26)12-5-7-15(8-6-12)23-19(27)16-9-13-3-1-2-4-14(13)11-22(16)20(23)28/h1-8,16H,9-11H2,(H,21,26)(H,24,25)/t16-/m0/s1. The van der Waals surface area contributed by atoms with Crippen LogP contribution in [0.15, 0.2) is 48.5 Å². The van der Waals surface area contributed by atoms with E-state index in [1.165, 1.54) is 24.3 Å². The molecular weight excluding hydrogens is 362 g/mol. The maximum Gasteiger partial charge on any atom is 0.332 e. The number of rotatable bonds is 4. The SMILES string of the molecule is O=C(O)CNC(=O)c1ccc(N2C(=O)[C@@H]3Cc4ccccc4CN3C2=O)cc1. The Morgan fingerprint density at radius 1 is 1.04 bits per heavy atom. The van der Waals surface area contributed by atoms with Crippen LogP contribution in [-0.4, -0.2) is 46.4 Å². The lowest BCUT2D eigenvalue weighted by atomic mass is 9.95. The predicted octanol–water partition coefficient (Wildman–Crippen LogP) is 1.39. The minimum Gasteiger partial charge on any atom is -0.480 e. The summed E-state index contributed by atoms with van der Waals surface area (Å²) in [5, 5.41) is 10.9. The molecule has 0 aliphatic carbocycles. The van der Waals surface area contributed by atoms with E-state index in [2.05, 4.69) is 5.32 Å². The van der Waals surface area contributed by atoms with Crippen LogP contribution < -0.4 is 10.2 Å². The van der Waals surface area contributed by atoms with Crippen molar-refractivity contribution >= 4 is 29.5 Å². The molecule has 0 unspecified atom stereocenters. The highest BCUT2D eigenvalue weighted by atomic mass is 16.4. The summed E-state index contributed by atoms with van der Waals surface area (Å²) in [6.07, 6.45) is 0.479. The highest BCUT2D eigenvalue weighted by Crippen LogP contribution is 2.32. The molecular formula is C20H17N3O5. The van der Waals surface area contributed by atoms with E-state index in [4.69, 9.17) is 5.11 Å². The summed E-state index contributed by atoms with van der Waals surface area (Å²) in [6, 6.07) is 12.8. The number of anilines is 1. The van der Waals surface area contributed by atoms with E-state index in [1.807, 2.05) is 24.3 Å². The fraction of sp³-hybridized carbons (Fsp3) is 0.200. The van der Waals surface area contributed by atoms with E-state index < -0.39 is 24.5 Å². The van der Waals surface area contributed by atoms with Gasteiger partial charge in [0.1, 0.15) is 12.6 Å². The van der Waals surface area contributed by atoms with Gasteiger partial charge in [-0.3, -0.25) is 14.4 Å². The van der Waals surface area contributed by atoms with Gasteiger partial charge in [0.25, 0.3) is 11.8 Å². The first-order chi connectivity index (χ1) is 13.5. The Hall–Kier alpha value is -3.68. The van der Waals surface area contributed by atoms with Crippen LogP contribution in [0.4, 0.5) is 10.5 Å². The molecule has 142 valence electrons. The van der Waals surface area contributed by atoms with E-state index in [1.54, 1.807) is 4.90 Å². The molecule has 0 saturated carbocycles. The molecule has 1 saturated heterocycles. The zero-order valence-corrected chi connectivity index (χ0v) is 14.8. The molecule has 28 heavy (non-hydrogen) atoms. The van der Waals surface area contributed by atoms with E-state index >= 15 is 0 Å². The largest absolute Gasteiger partial charge is 0.480 e. The van der Waals surface area contributed by atoms with Gasteiger partial charge in [0.05, 0.1) is 5.69 Å². The number of carboxylic acids is 1. The zero-order valence-electron chi connectivity index (χ0n) is 14.8. The van der Waals surface area contributed by atoms with Gasteiger partial charge in [0.15, 0.2) is 0 Å². The topological polar surface area (TPSA) is 107 Å². The number of carbonyl (C=O) groups is 4. The van der Waals surface area contributed by atoms with Crippen LogP contribution in [0.1, 0.15) is 21.5 Å². The third-order valence-electron chi connectivity index (χ3n) is 4.98. The number of urea groups is 1. The second kappa shape index (κ2) is 6.80. The molecule has 4 amide bonds. The summed E-state index contributed by atoms with van der Waals surface area (Å²) >= 11 is 0. The van der Waals surface area contributed by atoms with Gasteiger partial charge >= 0.3 is 12.0 Å². The summed E-state index contributed by atoms with van der Waals surface area (Å²) in [5.74, 6) is -1.97. The van der Waals surface area contributed by atoms with Crippen LogP contribution in [0, 0.1) is 0 Å². The molecule has 1 fully saturated rings. The van der Waals surface area contributed by atoms with Crippen LogP contribution in [-0.2, 0) is 22.6 Å². The predicted molar refractivity (Wildman–Crippen MR) is 98.8 cm³/mol. The zero-order chi connectivity index (χ0) is 19.8. The molecule has 0 radical (unpaired) electrons. The average Bonchev–Trinajstić information content (AvgIpc) is 2.94. The first-order valence-electron chi connectivity index (χ1n) is 8.77. The normalized spacial score (nSPS) is 17.9. The Kier molecular flexibility index (Phi) is 4.31. The van der Waals surface area contributed by atoms with Gasteiger partial charge in [-0.25, -0.2) is 9.69 Å².